The summed E-state index contributed by atoms with van der Waals surface area (Å²) in [5, 5.41) is 29.7. The number of aliphatic carboxylic acids is 1. The summed E-state index contributed by atoms with van der Waals surface area (Å²) in [5.41, 5.74) is 2.64. The number of allylic oxidation sites excluding steroid dienone is 2. The molecule has 2 aromatic carbocycles. The molecule has 0 bridgehead atoms. The lowest BCUT2D eigenvalue weighted by Crippen LogP contribution is -2.52. The van der Waals surface area contributed by atoms with Crippen molar-refractivity contribution in [3.63, 3.8) is 0 Å². The smallest absolute Gasteiger partial charge is 0.320 e. The Morgan fingerprint density at radius 2 is 1.93 bits per heavy atom. The average Bonchev–Trinajstić information content (AvgIpc) is 3.20. The van der Waals surface area contributed by atoms with Crippen LogP contribution in [0.15, 0.2) is 79.2 Å². The number of carboxylic acids is 1. The molecule has 3 aromatic rings. The summed E-state index contributed by atoms with van der Waals surface area (Å²) in [6.45, 7) is 8.76. The van der Waals surface area contributed by atoms with Crippen LogP contribution in [0.25, 0.3) is 5.57 Å². The van der Waals surface area contributed by atoms with Crippen molar-refractivity contribution in [2.24, 2.45) is 5.41 Å². The molecule has 12 heteroatoms. The lowest BCUT2D eigenvalue weighted by molar-refractivity contribution is -0.144. The third-order valence-electron chi connectivity index (χ3n) is 11.1. The van der Waals surface area contributed by atoms with Crippen molar-refractivity contribution < 1.29 is 34.0 Å². The first-order valence-electron chi connectivity index (χ1n) is 19.0. The molecule has 2 unspecified atom stereocenters. The SMILES string of the molecule is CC1(C)C(c2ccccc2)=CC=CC1(COc1cc(OCc2cncc(C#N)c2)c(CN2CCCC[C@H]2C(=O)O)cc1Cl)OCCCN1CCOCC1CO. The van der Waals surface area contributed by atoms with Crippen LogP contribution in [0.3, 0.4) is 0 Å². The number of carbonyl (C=O) groups is 1. The summed E-state index contributed by atoms with van der Waals surface area (Å²) < 4.78 is 25.6. The van der Waals surface area contributed by atoms with E-state index in [1.165, 1.54) is 6.20 Å². The van der Waals surface area contributed by atoms with E-state index in [9.17, 15) is 20.3 Å². The number of carboxylic acid groups (broad SMARTS) is 1. The van der Waals surface area contributed by atoms with E-state index in [1.54, 1.807) is 24.4 Å². The van der Waals surface area contributed by atoms with Crippen LogP contribution in [0.4, 0.5) is 0 Å². The topological polar surface area (TPSA) is 138 Å². The fraction of sp³-hybridized carbons (Fsp3) is 0.465. The largest absolute Gasteiger partial charge is 0.488 e. The fourth-order valence-electron chi connectivity index (χ4n) is 7.79. The zero-order valence-corrected chi connectivity index (χ0v) is 32.4. The standard InChI is InChI=1S/C43H51ClN4O7/c1-42(2)36(33-10-4-3-5-11-33)12-8-14-43(42,55-18-9-16-47-17-19-52-29-35(47)27-49)30-54-40-22-39(53-28-32-20-31(23-45)24-46-25-32)34(21-37(40)44)26-48-15-7-6-13-38(48)41(50)51/h3-5,8,10-12,14,20-22,24-25,35,38,49H,6-7,9,13,15-19,26-30H2,1-2H3,(H,50,51)/t35?,38-,43?/m0/s1. The predicted molar refractivity (Wildman–Crippen MR) is 210 cm³/mol. The summed E-state index contributed by atoms with van der Waals surface area (Å²) in [7, 11) is 0. The maximum Gasteiger partial charge on any atom is 0.320 e. The number of halogens is 1. The lowest BCUT2D eigenvalue weighted by Gasteiger charge is -2.47. The van der Waals surface area contributed by atoms with Crippen LogP contribution in [0.2, 0.25) is 5.02 Å². The van der Waals surface area contributed by atoms with Gasteiger partial charge in [0.25, 0.3) is 0 Å². The second kappa shape index (κ2) is 18.6. The van der Waals surface area contributed by atoms with Gasteiger partial charge in [0.15, 0.2) is 0 Å². The first-order chi connectivity index (χ1) is 26.6. The Morgan fingerprint density at radius 3 is 2.71 bits per heavy atom. The number of morpholine rings is 1. The maximum atomic E-state index is 12.2. The third-order valence-corrected chi connectivity index (χ3v) is 11.4. The van der Waals surface area contributed by atoms with Gasteiger partial charge in [0.1, 0.15) is 42.4 Å². The second-order valence-corrected chi connectivity index (χ2v) is 15.4. The van der Waals surface area contributed by atoms with Gasteiger partial charge in [-0.1, -0.05) is 74.4 Å². The molecule has 2 saturated heterocycles. The number of aromatic nitrogens is 1. The van der Waals surface area contributed by atoms with E-state index in [2.05, 4.69) is 54.1 Å². The summed E-state index contributed by atoms with van der Waals surface area (Å²) in [5.74, 6) is 0.0571. The fourth-order valence-corrected chi connectivity index (χ4v) is 8.03. The predicted octanol–water partition coefficient (Wildman–Crippen LogP) is 6.52. The first-order valence-corrected chi connectivity index (χ1v) is 19.4. The number of benzene rings is 2. The monoisotopic (exact) mass is 770 g/mol. The number of nitriles is 1. The van der Waals surface area contributed by atoms with Crippen LogP contribution in [0.1, 0.15) is 61.8 Å². The number of ether oxygens (including phenoxy) is 4. The molecule has 3 atom stereocenters. The van der Waals surface area contributed by atoms with E-state index in [4.69, 9.17) is 30.5 Å². The molecule has 2 N–H and O–H groups in total. The van der Waals surface area contributed by atoms with Gasteiger partial charge < -0.3 is 29.2 Å². The molecule has 1 aromatic heterocycles. The van der Waals surface area contributed by atoms with E-state index >= 15 is 0 Å². The molecule has 0 amide bonds. The molecule has 3 aliphatic rings. The molecular weight excluding hydrogens is 720 g/mol. The summed E-state index contributed by atoms with van der Waals surface area (Å²) in [4.78, 5) is 20.6. The van der Waals surface area contributed by atoms with Gasteiger partial charge in [-0.15, -0.1) is 0 Å². The highest BCUT2D eigenvalue weighted by atomic mass is 35.5. The Morgan fingerprint density at radius 1 is 1.09 bits per heavy atom. The maximum absolute atomic E-state index is 12.2. The van der Waals surface area contributed by atoms with Gasteiger partial charge >= 0.3 is 5.97 Å². The van der Waals surface area contributed by atoms with E-state index in [1.807, 2.05) is 29.2 Å². The Labute approximate surface area is 328 Å². The van der Waals surface area contributed by atoms with Crippen LogP contribution in [-0.4, -0.2) is 101 Å². The molecule has 0 saturated carbocycles. The van der Waals surface area contributed by atoms with E-state index in [0.717, 1.165) is 49.1 Å². The van der Waals surface area contributed by atoms with E-state index in [-0.39, 0.29) is 25.9 Å². The van der Waals surface area contributed by atoms with Gasteiger partial charge in [-0.2, -0.15) is 5.26 Å². The number of nitrogens with zero attached hydrogens (tertiary/aromatic N) is 4. The Hall–Kier alpha value is -4.28. The van der Waals surface area contributed by atoms with Gasteiger partial charge in [0.2, 0.25) is 0 Å². The van der Waals surface area contributed by atoms with Gasteiger partial charge in [-0.25, -0.2) is 0 Å². The molecule has 0 radical (unpaired) electrons. The van der Waals surface area contributed by atoms with Crippen molar-refractivity contribution in [1.29, 1.82) is 5.26 Å². The number of aliphatic hydroxyl groups excluding tert-OH is 1. The minimum Gasteiger partial charge on any atom is -0.488 e. The van der Waals surface area contributed by atoms with Gasteiger partial charge in [-0.05, 0) is 55.2 Å². The van der Waals surface area contributed by atoms with Crippen LogP contribution in [0.5, 0.6) is 11.5 Å². The van der Waals surface area contributed by atoms with Crippen LogP contribution in [0, 0.1) is 16.7 Å². The van der Waals surface area contributed by atoms with Gasteiger partial charge in [-0.3, -0.25) is 19.6 Å². The molecule has 2 fully saturated rings. The number of hydrogen-bond acceptors (Lipinski definition) is 10. The second-order valence-electron chi connectivity index (χ2n) is 15.0. The third kappa shape index (κ3) is 9.58. The van der Waals surface area contributed by atoms with E-state index in [0.29, 0.717) is 67.0 Å². The summed E-state index contributed by atoms with van der Waals surface area (Å²) in [6, 6.07) is 17.1. The highest BCUT2D eigenvalue weighted by molar-refractivity contribution is 6.32. The molecule has 6 rings (SSSR count). The quantitative estimate of drug-likeness (QED) is 0.154. The minimum atomic E-state index is -0.900. The highest BCUT2D eigenvalue weighted by Crippen LogP contribution is 2.49. The molecule has 0 spiro atoms. The Balaban J connectivity index is 1.27. The Bertz CT molecular complexity index is 1880. The van der Waals surface area contributed by atoms with Crippen LogP contribution in [-0.2, 0) is 27.4 Å². The molecule has 11 nitrogen and oxygen atoms in total. The van der Waals surface area contributed by atoms with Crippen molar-refractivity contribution in [1.82, 2.24) is 14.8 Å². The van der Waals surface area contributed by atoms with Crippen LogP contribution >= 0.6 is 11.6 Å². The number of hydrogen-bond donors (Lipinski definition) is 2. The van der Waals surface area contributed by atoms with E-state index < -0.39 is 23.0 Å². The lowest BCUT2D eigenvalue weighted by atomic mass is 9.65. The molecule has 55 heavy (non-hydrogen) atoms. The van der Waals surface area contributed by atoms with Gasteiger partial charge in [0, 0.05) is 61.2 Å². The number of aliphatic hydroxyl groups is 1. The first kappa shape index (κ1) is 40.4. The number of piperidine rings is 1. The minimum absolute atomic E-state index is 0.0253. The molecule has 1 aliphatic carbocycles. The number of pyridine rings is 1. The van der Waals surface area contributed by atoms with Crippen molar-refractivity contribution in [2.45, 2.75) is 70.4 Å². The summed E-state index contributed by atoms with van der Waals surface area (Å²) in [6.07, 6.45) is 12.5. The highest BCUT2D eigenvalue weighted by Gasteiger charge is 2.49. The number of likely N-dealkylation sites (tertiary alicyclic amines) is 1. The normalized spacial score (nSPS) is 22.8. The molecule has 3 heterocycles. The van der Waals surface area contributed by atoms with Crippen LogP contribution < -0.4 is 9.47 Å². The summed E-state index contributed by atoms with van der Waals surface area (Å²) >= 11 is 7.01. The van der Waals surface area contributed by atoms with Crippen molar-refractivity contribution in [3.8, 4) is 17.6 Å². The van der Waals surface area contributed by atoms with Crippen molar-refractivity contribution in [3.05, 3.63) is 106 Å². The van der Waals surface area contributed by atoms with Crippen molar-refractivity contribution >= 4 is 23.1 Å². The van der Waals surface area contributed by atoms with Gasteiger partial charge in [0.05, 0.1) is 36.4 Å². The molecular formula is C43H51ClN4O7. The zero-order valence-electron chi connectivity index (χ0n) is 31.7. The Kier molecular flexibility index (Phi) is 13.6. The zero-order chi connectivity index (χ0) is 38.8. The number of rotatable bonds is 16. The molecule has 2 aliphatic heterocycles. The molecule has 292 valence electrons. The van der Waals surface area contributed by atoms with Crippen molar-refractivity contribution in [2.75, 3.05) is 52.7 Å². The average molecular weight is 771 g/mol.